The van der Waals surface area contributed by atoms with Gasteiger partial charge in [-0.05, 0) is 61.9 Å². The summed E-state index contributed by atoms with van der Waals surface area (Å²) in [5, 5.41) is 12.0. The minimum atomic E-state index is 0.667. The van der Waals surface area contributed by atoms with Gasteiger partial charge in [0.2, 0.25) is 0 Å². The summed E-state index contributed by atoms with van der Waals surface area (Å²) in [6.07, 6.45) is 0. The predicted octanol–water partition coefficient (Wildman–Crippen LogP) is 6.94. The van der Waals surface area contributed by atoms with Crippen molar-refractivity contribution in [2.45, 2.75) is 13.8 Å². The number of hydrogen-bond donors (Lipinski definition) is 0. The van der Waals surface area contributed by atoms with Gasteiger partial charge in [0.15, 0.2) is 0 Å². The molecule has 0 radical (unpaired) electrons. The third-order valence-electron chi connectivity index (χ3n) is 5.53. The fraction of sp³-hybridized carbons (Fsp3) is 0.0741. The first-order valence-corrected chi connectivity index (χ1v) is 9.77. The molecule has 29 heavy (non-hydrogen) atoms. The van der Waals surface area contributed by atoms with Crippen molar-refractivity contribution < 1.29 is 0 Å². The summed E-state index contributed by atoms with van der Waals surface area (Å²) in [6.45, 7) is 4.27. The van der Waals surface area contributed by atoms with Gasteiger partial charge in [-0.2, -0.15) is 5.26 Å². The molecular formula is C27H20N2. The highest BCUT2D eigenvalue weighted by Crippen LogP contribution is 2.37. The van der Waals surface area contributed by atoms with Gasteiger partial charge in [-0.15, -0.1) is 0 Å². The van der Waals surface area contributed by atoms with E-state index in [2.05, 4.69) is 79.1 Å². The monoisotopic (exact) mass is 372 g/mol. The second-order valence-corrected chi connectivity index (χ2v) is 7.59. The van der Waals surface area contributed by atoms with Gasteiger partial charge >= 0.3 is 0 Å². The maximum Gasteiger partial charge on any atom is 0.0991 e. The van der Waals surface area contributed by atoms with Gasteiger partial charge in [-0.3, -0.25) is 0 Å². The summed E-state index contributed by atoms with van der Waals surface area (Å²) in [7, 11) is 0. The molecule has 2 heteroatoms. The first-order chi connectivity index (χ1) is 14.2. The molecule has 0 unspecified atom stereocenters. The van der Waals surface area contributed by atoms with E-state index >= 15 is 0 Å². The topological polar surface area (TPSA) is 28.7 Å². The molecule has 5 rings (SSSR count). The highest BCUT2D eigenvalue weighted by molar-refractivity contribution is 6.10. The number of nitriles is 1. The van der Waals surface area contributed by atoms with Gasteiger partial charge in [0, 0.05) is 16.3 Å². The Bertz CT molecular complexity index is 1360. The highest BCUT2D eigenvalue weighted by Gasteiger charge is 2.16. The molecule has 0 fully saturated rings. The van der Waals surface area contributed by atoms with Crippen LogP contribution in [0.1, 0.15) is 16.7 Å². The zero-order chi connectivity index (χ0) is 20.0. The van der Waals surface area contributed by atoms with Gasteiger partial charge < -0.3 is 4.57 Å². The van der Waals surface area contributed by atoms with E-state index in [1.54, 1.807) is 0 Å². The van der Waals surface area contributed by atoms with Crippen LogP contribution in [0.2, 0.25) is 0 Å². The molecule has 0 saturated heterocycles. The minimum absolute atomic E-state index is 0.667. The number of aryl methyl sites for hydroxylation is 2. The van der Waals surface area contributed by atoms with Crippen LogP contribution >= 0.6 is 0 Å². The van der Waals surface area contributed by atoms with Crippen LogP contribution < -0.4 is 0 Å². The molecule has 1 aromatic heterocycles. The number of benzene rings is 4. The van der Waals surface area contributed by atoms with E-state index in [-0.39, 0.29) is 0 Å². The number of nitrogens with zero attached hydrogens (tertiary/aromatic N) is 2. The first-order valence-electron chi connectivity index (χ1n) is 9.77. The quantitative estimate of drug-likeness (QED) is 0.330. The van der Waals surface area contributed by atoms with Gasteiger partial charge in [0.1, 0.15) is 0 Å². The molecule has 0 aliphatic heterocycles. The van der Waals surface area contributed by atoms with Crippen molar-refractivity contribution in [3.63, 3.8) is 0 Å². The van der Waals surface area contributed by atoms with Crippen LogP contribution in [-0.2, 0) is 0 Å². The Hall–Kier alpha value is -3.83. The summed E-state index contributed by atoms with van der Waals surface area (Å²) in [5.41, 5.74) is 8.78. The van der Waals surface area contributed by atoms with E-state index in [4.69, 9.17) is 0 Å². The molecule has 1 heterocycles. The highest BCUT2D eigenvalue weighted by atomic mass is 15.0. The summed E-state index contributed by atoms with van der Waals surface area (Å²) in [4.78, 5) is 0. The SMILES string of the molecule is Cc1ccc2c(c1)c1cc(C)ccc1n2-c1ccc(C#N)cc1-c1ccccc1. The number of rotatable bonds is 2. The van der Waals surface area contributed by atoms with Crippen LogP contribution in [0.5, 0.6) is 0 Å². The summed E-state index contributed by atoms with van der Waals surface area (Å²) >= 11 is 0. The summed E-state index contributed by atoms with van der Waals surface area (Å²) in [5.74, 6) is 0. The fourth-order valence-electron chi connectivity index (χ4n) is 4.16. The molecule has 0 spiro atoms. The van der Waals surface area contributed by atoms with Crippen molar-refractivity contribution in [1.82, 2.24) is 4.57 Å². The lowest BCUT2D eigenvalue weighted by atomic mass is 10.0. The Labute approximate surface area is 170 Å². The second-order valence-electron chi connectivity index (χ2n) is 7.59. The maximum atomic E-state index is 9.48. The zero-order valence-electron chi connectivity index (χ0n) is 16.5. The van der Waals surface area contributed by atoms with Gasteiger partial charge in [-0.25, -0.2) is 0 Å². The van der Waals surface area contributed by atoms with Crippen molar-refractivity contribution in [2.75, 3.05) is 0 Å². The predicted molar refractivity (Wildman–Crippen MR) is 120 cm³/mol. The van der Waals surface area contributed by atoms with Crippen LogP contribution in [0, 0.1) is 25.2 Å². The van der Waals surface area contributed by atoms with Crippen LogP contribution in [0.15, 0.2) is 84.9 Å². The molecule has 0 saturated carbocycles. The smallest absolute Gasteiger partial charge is 0.0991 e. The zero-order valence-corrected chi connectivity index (χ0v) is 16.5. The van der Waals surface area contributed by atoms with Gasteiger partial charge in [-0.1, -0.05) is 53.6 Å². The Morgan fingerprint density at radius 1 is 0.690 bits per heavy atom. The van der Waals surface area contributed by atoms with Crippen molar-refractivity contribution >= 4 is 21.8 Å². The van der Waals surface area contributed by atoms with E-state index in [0.29, 0.717) is 5.56 Å². The average Bonchev–Trinajstić information content (AvgIpc) is 3.06. The summed E-state index contributed by atoms with van der Waals surface area (Å²) in [6, 6.07) is 31.8. The van der Waals surface area contributed by atoms with Crippen molar-refractivity contribution in [1.29, 1.82) is 5.26 Å². The Morgan fingerprint density at radius 2 is 1.31 bits per heavy atom. The Kier molecular flexibility index (Phi) is 3.96. The lowest BCUT2D eigenvalue weighted by Gasteiger charge is -2.14. The third-order valence-corrected chi connectivity index (χ3v) is 5.53. The molecule has 0 aliphatic rings. The average molecular weight is 372 g/mol. The van der Waals surface area contributed by atoms with Crippen molar-refractivity contribution in [2.24, 2.45) is 0 Å². The van der Waals surface area contributed by atoms with Gasteiger partial charge in [0.25, 0.3) is 0 Å². The molecule has 5 aromatic rings. The van der Waals surface area contributed by atoms with E-state index in [0.717, 1.165) is 16.8 Å². The molecule has 0 bridgehead atoms. The van der Waals surface area contributed by atoms with Crippen LogP contribution in [-0.4, -0.2) is 4.57 Å². The van der Waals surface area contributed by atoms with Crippen LogP contribution in [0.4, 0.5) is 0 Å². The molecule has 138 valence electrons. The largest absolute Gasteiger partial charge is 0.309 e. The molecule has 4 aromatic carbocycles. The lowest BCUT2D eigenvalue weighted by molar-refractivity contribution is 1.18. The van der Waals surface area contributed by atoms with Crippen molar-refractivity contribution in [3.8, 4) is 22.9 Å². The molecule has 0 amide bonds. The lowest BCUT2D eigenvalue weighted by Crippen LogP contribution is -1.98. The molecule has 2 nitrogen and oxygen atoms in total. The summed E-state index contributed by atoms with van der Waals surface area (Å²) < 4.78 is 2.33. The third kappa shape index (κ3) is 2.80. The van der Waals surface area contributed by atoms with E-state index < -0.39 is 0 Å². The second kappa shape index (κ2) is 6.65. The van der Waals surface area contributed by atoms with E-state index in [9.17, 15) is 5.26 Å². The van der Waals surface area contributed by atoms with Crippen LogP contribution in [0.3, 0.4) is 0 Å². The van der Waals surface area contributed by atoms with Gasteiger partial charge in [0.05, 0.1) is 28.4 Å². The standard InChI is InChI=1S/C27H20N2/c1-18-8-11-26-23(14-18)24-15-19(2)9-12-27(24)29(26)25-13-10-20(17-28)16-22(25)21-6-4-3-5-7-21/h3-16H,1-2H3. The van der Waals surface area contributed by atoms with Crippen molar-refractivity contribution in [3.05, 3.63) is 102 Å². The normalized spacial score (nSPS) is 11.1. The Balaban J connectivity index is 1.93. The van der Waals surface area contributed by atoms with Crippen LogP contribution in [0.25, 0.3) is 38.6 Å². The first kappa shape index (κ1) is 17.3. The minimum Gasteiger partial charge on any atom is -0.309 e. The van der Waals surface area contributed by atoms with E-state index in [1.807, 2.05) is 30.3 Å². The number of fused-ring (bicyclic) bond motifs is 3. The fourth-order valence-corrected chi connectivity index (χ4v) is 4.16. The molecule has 0 atom stereocenters. The molecular weight excluding hydrogens is 352 g/mol. The Morgan fingerprint density at radius 3 is 1.90 bits per heavy atom. The molecule has 0 aliphatic carbocycles. The number of aromatic nitrogens is 1. The molecule has 0 N–H and O–H groups in total. The number of hydrogen-bond acceptors (Lipinski definition) is 1. The van der Waals surface area contributed by atoms with E-state index in [1.165, 1.54) is 32.9 Å². The maximum absolute atomic E-state index is 9.48.